The molecule has 6 heteroatoms. The minimum atomic E-state index is 0.0698. The minimum absolute atomic E-state index is 0.0698. The van der Waals surface area contributed by atoms with E-state index in [9.17, 15) is 4.79 Å². The van der Waals surface area contributed by atoms with Crippen LogP contribution in [0.15, 0.2) is 78.6 Å². The van der Waals surface area contributed by atoms with Crippen molar-refractivity contribution in [3.05, 3.63) is 111 Å². The molecule has 1 fully saturated rings. The number of benzene rings is 2. The van der Waals surface area contributed by atoms with E-state index in [0.29, 0.717) is 0 Å². The maximum absolute atomic E-state index is 13.8. The van der Waals surface area contributed by atoms with Crippen LogP contribution in [-0.4, -0.2) is 46.8 Å². The number of aryl methyl sites for hydroxylation is 1. The summed E-state index contributed by atoms with van der Waals surface area (Å²) in [7, 11) is 0. The summed E-state index contributed by atoms with van der Waals surface area (Å²) in [6.07, 6.45) is 3.52. The van der Waals surface area contributed by atoms with Gasteiger partial charge in [-0.3, -0.25) is 14.7 Å². The lowest BCUT2D eigenvalue weighted by atomic mass is 9.99. The van der Waals surface area contributed by atoms with E-state index in [1.165, 1.54) is 5.56 Å². The Balaban J connectivity index is 1.28. The van der Waals surface area contributed by atoms with Crippen molar-refractivity contribution in [2.24, 2.45) is 0 Å². The van der Waals surface area contributed by atoms with Gasteiger partial charge >= 0.3 is 0 Å². The van der Waals surface area contributed by atoms with E-state index in [1.54, 1.807) is 23.7 Å². The number of Topliss-reactive ketones (excluding diaryl/α,β-unsaturated/α-hetero) is 1. The highest BCUT2D eigenvalue weighted by Gasteiger charge is 2.33. The van der Waals surface area contributed by atoms with Gasteiger partial charge in [-0.25, -0.2) is 4.98 Å². The Kier molecular flexibility index (Phi) is 5.76. The fourth-order valence-electron chi connectivity index (χ4n) is 5.09. The van der Waals surface area contributed by atoms with Crippen molar-refractivity contribution in [3.63, 3.8) is 0 Å². The van der Waals surface area contributed by atoms with E-state index in [0.717, 1.165) is 76.8 Å². The van der Waals surface area contributed by atoms with Gasteiger partial charge in [0.25, 0.3) is 0 Å². The van der Waals surface area contributed by atoms with Gasteiger partial charge in [0, 0.05) is 73.1 Å². The first-order chi connectivity index (χ1) is 17.2. The van der Waals surface area contributed by atoms with Crippen molar-refractivity contribution in [1.29, 1.82) is 0 Å². The number of hydrogen-bond acceptors (Lipinski definition) is 6. The van der Waals surface area contributed by atoms with E-state index in [2.05, 4.69) is 68.3 Å². The molecule has 174 valence electrons. The Hall–Kier alpha value is -3.61. The molecular weight excluding hydrogens is 452 g/mol. The largest absolute Gasteiger partial charge is 0.369 e. The monoisotopic (exact) mass is 478 g/mol. The molecule has 0 saturated carbocycles. The molecule has 5 nitrogen and oxygen atoms in total. The van der Waals surface area contributed by atoms with Crippen molar-refractivity contribution in [3.8, 4) is 0 Å². The predicted octanol–water partition coefficient (Wildman–Crippen LogP) is 5.32. The van der Waals surface area contributed by atoms with Crippen LogP contribution in [0.25, 0.3) is 11.1 Å². The first-order valence-corrected chi connectivity index (χ1v) is 12.8. The zero-order chi connectivity index (χ0) is 23.8. The summed E-state index contributed by atoms with van der Waals surface area (Å²) in [5.41, 5.74) is 9.60. The molecule has 35 heavy (non-hydrogen) atoms. The molecule has 0 spiro atoms. The third-order valence-electron chi connectivity index (χ3n) is 6.90. The van der Waals surface area contributed by atoms with E-state index >= 15 is 0 Å². The van der Waals surface area contributed by atoms with Gasteiger partial charge in [0.15, 0.2) is 5.78 Å². The van der Waals surface area contributed by atoms with Crippen LogP contribution in [0.3, 0.4) is 0 Å². The Labute approximate surface area is 209 Å². The third-order valence-corrected chi connectivity index (χ3v) is 7.85. The highest BCUT2D eigenvalue weighted by Crippen LogP contribution is 2.45. The van der Waals surface area contributed by atoms with Crippen LogP contribution in [0.1, 0.15) is 37.6 Å². The van der Waals surface area contributed by atoms with Gasteiger partial charge in [0.2, 0.25) is 0 Å². The number of hydrogen-bond donors (Lipinski definition) is 0. The number of carbonyl (C=O) groups excluding carboxylic acids is 1. The normalized spacial score (nSPS) is 16.1. The van der Waals surface area contributed by atoms with Crippen LogP contribution in [-0.2, 0) is 6.54 Å². The molecule has 2 aliphatic rings. The number of nitrogens with zero attached hydrogens (tertiary/aromatic N) is 4. The number of aromatic nitrogens is 2. The number of pyridine rings is 1. The second-order valence-electron chi connectivity index (χ2n) is 9.07. The van der Waals surface area contributed by atoms with Crippen molar-refractivity contribution in [2.75, 3.05) is 31.1 Å². The predicted molar refractivity (Wildman–Crippen MR) is 142 cm³/mol. The molecule has 1 saturated heterocycles. The summed E-state index contributed by atoms with van der Waals surface area (Å²) in [6.45, 7) is 6.89. The Bertz CT molecular complexity index is 1400. The van der Waals surface area contributed by atoms with Crippen LogP contribution in [0, 0.1) is 6.92 Å². The molecule has 1 aliphatic heterocycles. The summed E-state index contributed by atoms with van der Waals surface area (Å²) >= 11 is 1.59. The Morgan fingerprint density at radius 2 is 1.74 bits per heavy atom. The molecule has 6 rings (SSSR count). The van der Waals surface area contributed by atoms with Crippen molar-refractivity contribution in [2.45, 2.75) is 13.5 Å². The number of ketones is 1. The second-order valence-corrected chi connectivity index (χ2v) is 9.92. The molecular formula is C29H26N4OS. The molecule has 0 radical (unpaired) electrons. The minimum Gasteiger partial charge on any atom is -0.369 e. The number of rotatable bonds is 5. The SMILES string of the molecule is Cc1ncsc1C1=C(c2cccnc2)C(=O)c2cc(N3CCN(Cc4ccccc4)CC3)ccc21. The first kappa shape index (κ1) is 21.9. The van der Waals surface area contributed by atoms with Crippen molar-refractivity contribution < 1.29 is 4.79 Å². The fraction of sp³-hybridized carbons (Fsp3) is 0.207. The fourth-order valence-corrected chi connectivity index (χ4v) is 5.96. The number of thiazole rings is 1. The van der Waals surface area contributed by atoms with Crippen LogP contribution in [0.4, 0.5) is 5.69 Å². The summed E-state index contributed by atoms with van der Waals surface area (Å²) in [5, 5.41) is 0. The second kappa shape index (κ2) is 9.21. The molecule has 4 aromatic rings. The first-order valence-electron chi connectivity index (χ1n) is 11.9. The van der Waals surface area contributed by atoms with Gasteiger partial charge in [0.05, 0.1) is 16.1 Å². The quantitative estimate of drug-likeness (QED) is 0.388. The summed E-state index contributed by atoms with van der Waals surface area (Å²) in [4.78, 5) is 28.5. The average Bonchev–Trinajstić information content (AvgIpc) is 3.45. The van der Waals surface area contributed by atoms with Gasteiger partial charge in [-0.1, -0.05) is 42.5 Å². The van der Waals surface area contributed by atoms with E-state index in [4.69, 9.17) is 0 Å². The molecule has 2 aromatic heterocycles. The number of anilines is 1. The van der Waals surface area contributed by atoms with Gasteiger partial charge in [-0.05, 0) is 36.2 Å². The zero-order valence-corrected chi connectivity index (χ0v) is 20.5. The average molecular weight is 479 g/mol. The third kappa shape index (κ3) is 4.09. The number of fused-ring (bicyclic) bond motifs is 1. The summed E-state index contributed by atoms with van der Waals surface area (Å²) in [6, 6.07) is 20.9. The molecule has 0 amide bonds. The molecule has 0 unspecified atom stereocenters. The Morgan fingerprint density at radius 3 is 2.46 bits per heavy atom. The Morgan fingerprint density at radius 1 is 0.914 bits per heavy atom. The number of allylic oxidation sites excluding steroid dienone is 1. The van der Waals surface area contributed by atoms with E-state index < -0.39 is 0 Å². The molecule has 0 atom stereocenters. The van der Waals surface area contributed by atoms with Crippen LogP contribution in [0.5, 0.6) is 0 Å². The molecule has 2 aromatic carbocycles. The van der Waals surface area contributed by atoms with Crippen molar-refractivity contribution >= 4 is 34.0 Å². The number of carbonyl (C=O) groups is 1. The molecule has 0 bridgehead atoms. The molecule has 3 heterocycles. The maximum atomic E-state index is 13.8. The van der Waals surface area contributed by atoms with Gasteiger partial charge < -0.3 is 4.90 Å². The van der Waals surface area contributed by atoms with E-state index in [-0.39, 0.29) is 5.78 Å². The lowest BCUT2D eigenvalue weighted by Crippen LogP contribution is -2.46. The summed E-state index contributed by atoms with van der Waals surface area (Å²) < 4.78 is 0. The molecule has 1 aliphatic carbocycles. The van der Waals surface area contributed by atoms with E-state index in [1.807, 2.05) is 24.6 Å². The lowest BCUT2D eigenvalue weighted by molar-refractivity contribution is 0.105. The number of piperazine rings is 1. The zero-order valence-electron chi connectivity index (χ0n) is 19.6. The van der Waals surface area contributed by atoms with Crippen LogP contribution < -0.4 is 4.90 Å². The van der Waals surface area contributed by atoms with Crippen LogP contribution >= 0.6 is 11.3 Å². The van der Waals surface area contributed by atoms with Gasteiger partial charge in [0.1, 0.15) is 0 Å². The van der Waals surface area contributed by atoms with Crippen LogP contribution in [0.2, 0.25) is 0 Å². The standard InChI is InChI=1S/C29H26N4OS/c1-20-29(35-19-31-20)27-24-10-9-23(16-25(24)28(34)26(27)22-8-5-11-30-17-22)33-14-12-32(13-15-33)18-21-6-3-2-4-7-21/h2-11,16-17,19H,12-15,18H2,1H3. The lowest BCUT2D eigenvalue weighted by Gasteiger charge is -2.36. The smallest absolute Gasteiger partial charge is 0.195 e. The van der Waals surface area contributed by atoms with Crippen molar-refractivity contribution in [1.82, 2.24) is 14.9 Å². The molecule has 0 N–H and O–H groups in total. The maximum Gasteiger partial charge on any atom is 0.195 e. The van der Waals surface area contributed by atoms with Gasteiger partial charge in [-0.2, -0.15) is 0 Å². The highest BCUT2D eigenvalue weighted by atomic mass is 32.1. The highest BCUT2D eigenvalue weighted by molar-refractivity contribution is 7.11. The van der Waals surface area contributed by atoms with Gasteiger partial charge in [-0.15, -0.1) is 11.3 Å². The topological polar surface area (TPSA) is 49.3 Å². The summed E-state index contributed by atoms with van der Waals surface area (Å²) in [5.74, 6) is 0.0698.